The van der Waals surface area contributed by atoms with Gasteiger partial charge in [0.25, 0.3) is 0 Å². The van der Waals surface area contributed by atoms with E-state index in [1.807, 2.05) is 12.3 Å². The quantitative estimate of drug-likeness (QED) is 0.684. The van der Waals surface area contributed by atoms with Crippen molar-refractivity contribution in [1.82, 2.24) is 14.5 Å². The van der Waals surface area contributed by atoms with Gasteiger partial charge in [-0.05, 0) is 69.9 Å². The predicted molar refractivity (Wildman–Crippen MR) is 100 cm³/mol. The zero-order valence-corrected chi connectivity index (χ0v) is 15.6. The summed E-state index contributed by atoms with van der Waals surface area (Å²) in [5, 5.41) is 0. The number of rotatable bonds is 8. The molecule has 25 heavy (non-hydrogen) atoms. The van der Waals surface area contributed by atoms with Gasteiger partial charge < -0.3 is 18.9 Å². The molecular weight excluding hydrogens is 314 g/mol. The average Bonchev–Trinajstić information content (AvgIpc) is 3.29. The number of hydrogen-bond donors (Lipinski definition) is 0. The van der Waals surface area contributed by atoms with Gasteiger partial charge in [-0.2, -0.15) is 0 Å². The fourth-order valence-electron chi connectivity index (χ4n) is 3.63. The largest absolute Gasteiger partial charge is 0.493 e. The summed E-state index contributed by atoms with van der Waals surface area (Å²) >= 11 is 0. The number of aryl methyl sites for hydroxylation is 2. The Balaban J connectivity index is 1.71. The number of benzene rings is 1. The lowest BCUT2D eigenvalue weighted by Crippen LogP contribution is -2.20. The van der Waals surface area contributed by atoms with Gasteiger partial charge in [0.2, 0.25) is 0 Å². The molecule has 1 aromatic heterocycles. The van der Waals surface area contributed by atoms with Gasteiger partial charge >= 0.3 is 0 Å². The van der Waals surface area contributed by atoms with Crippen molar-refractivity contribution in [3.63, 3.8) is 0 Å². The molecule has 1 aromatic carbocycles. The molecule has 5 nitrogen and oxygen atoms in total. The highest BCUT2D eigenvalue weighted by Gasteiger charge is 2.17. The number of nitrogens with zero attached hydrogens (tertiary/aromatic N) is 3. The summed E-state index contributed by atoms with van der Waals surface area (Å²) in [6.45, 7) is 6.80. The lowest BCUT2D eigenvalue weighted by Gasteiger charge is -2.16. The van der Waals surface area contributed by atoms with Gasteiger partial charge in [-0.1, -0.05) is 0 Å². The molecule has 0 atom stereocenters. The second kappa shape index (κ2) is 8.39. The molecule has 2 heterocycles. The van der Waals surface area contributed by atoms with E-state index in [1.165, 1.54) is 38.9 Å². The number of hydrogen-bond acceptors (Lipinski definition) is 4. The lowest BCUT2D eigenvalue weighted by molar-refractivity contribution is 0.326. The molecule has 0 amide bonds. The second-order valence-corrected chi connectivity index (χ2v) is 6.75. The number of ether oxygens (including phenoxy) is 2. The number of likely N-dealkylation sites (tertiary alicyclic amines) is 1. The van der Waals surface area contributed by atoms with Crippen LogP contribution in [0.15, 0.2) is 24.5 Å². The Kier molecular flexibility index (Phi) is 5.97. The molecule has 0 aliphatic carbocycles. The first-order valence-corrected chi connectivity index (χ1v) is 9.19. The van der Waals surface area contributed by atoms with E-state index in [4.69, 9.17) is 9.47 Å². The van der Waals surface area contributed by atoms with Gasteiger partial charge in [0.15, 0.2) is 11.5 Å². The Hall–Kier alpha value is -2.01. The van der Waals surface area contributed by atoms with Crippen molar-refractivity contribution in [2.45, 2.75) is 39.2 Å². The van der Waals surface area contributed by atoms with Crippen LogP contribution in [0.1, 0.15) is 31.2 Å². The topological polar surface area (TPSA) is 39.5 Å². The summed E-state index contributed by atoms with van der Waals surface area (Å²) < 4.78 is 13.3. The van der Waals surface area contributed by atoms with E-state index in [0.29, 0.717) is 0 Å². The van der Waals surface area contributed by atoms with E-state index in [9.17, 15) is 0 Å². The monoisotopic (exact) mass is 343 g/mol. The van der Waals surface area contributed by atoms with E-state index < -0.39 is 0 Å². The van der Waals surface area contributed by atoms with Gasteiger partial charge in [-0.3, -0.25) is 0 Å². The van der Waals surface area contributed by atoms with Gasteiger partial charge in [-0.15, -0.1) is 0 Å². The fourth-order valence-corrected chi connectivity index (χ4v) is 3.63. The maximum absolute atomic E-state index is 5.61. The zero-order chi connectivity index (χ0) is 17.6. The van der Waals surface area contributed by atoms with Crippen LogP contribution in [0.2, 0.25) is 0 Å². The highest BCUT2D eigenvalue weighted by Crippen LogP contribution is 2.38. The van der Waals surface area contributed by atoms with Crippen molar-refractivity contribution in [3.8, 4) is 22.9 Å². The van der Waals surface area contributed by atoms with Crippen molar-refractivity contribution < 1.29 is 9.47 Å². The predicted octanol–water partition coefficient (Wildman–Crippen LogP) is 3.75. The van der Waals surface area contributed by atoms with Gasteiger partial charge in [0, 0.05) is 18.9 Å². The Labute approximate surface area is 150 Å². The molecule has 1 fully saturated rings. The number of aromatic nitrogens is 2. The number of imidazole rings is 1. The Morgan fingerprint density at radius 3 is 2.52 bits per heavy atom. The third-order valence-electron chi connectivity index (χ3n) is 4.90. The smallest absolute Gasteiger partial charge is 0.171 e. The Morgan fingerprint density at radius 1 is 1.04 bits per heavy atom. The highest BCUT2D eigenvalue weighted by atomic mass is 16.5. The highest BCUT2D eigenvalue weighted by molar-refractivity contribution is 5.70. The van der Waals surface area contributed by atoms with E-state index in [2.05, 4.69) is 33.6 Å². The van der Waals surface area contributed by atoms with Crippen molar-refractivity contribution in [2.24, 2.45) is 0 Å². The van der Waals surface area contributed by atoms with Crippen LogP contribution in [-0.4, -0.2) is 48.3 Å². The average molecular weight is 343 g/mol. The standard InChI is InChI=1S/C20H29N3O2/c1-16-14-17(19(25-3)18(15-16)24-2)20-21-8-13-23(20)12-7-6-11-22-9-4-5-10-22/h8,13-15H,4-7,9-12H2,1-3H3. The molecule has 136 valence electrons. The maximum Gasteiger partial charge on any atom is 0.171 e. The first-order chi connectivity index (χ1) is 12.2. The van der Waals surface area contributed by atoms with Crippen molar-refractivity contribution in [2.75, 3.05) is 33.9 Å². The van der Waals surface area contributed by atoms with Crippen molar-refractivity contribution in [1.29, 1.82) is 0 Å². The molecule has 0 spiro atoms. The van der Waals surface area contributed by atoms with Crippen LogP contribution in [0, 0.1) is 6.92 Å². The van der Waals surface area contributed by atoms with Crippen LogP contribution in [0.4, 0.5) is 0 Å². The summed E-state index contributed by atoms with van der Waals surface area (Å²) in [5.74, 6) is 2.44. The van der Waals surface area contributed by atoms with Gasteiger partial charge in [-0.25, -0.2) is 4.98 Å². The Morgan fingerprint density at radius 2 is 1.80 bits per heavy atom. The third kappa shape index (κ3) is 4.15. The fraction of sp³-hybridized carbons (Fsp3) is 0.550. The molecule has 0 radical (unpaired) electrons. The van der Waals surface area contributed by atoms with Gasteiger partial charge in [0.05, 0.1) is 19.8 Å². The first kappa shape index (κ1) is 17.8. The third-order valence-corrected chi connectivity index (χ3v) is 4.90. The van der Waals surface area contributed by atoms with Gasteiger partial charge in [0.1, 0.15) is 5.82 Å². The molecule has 0 N–H and O–H groups in total. The Bertz CT molecular complexity index is 690. The summed E-state index contributed by atoms with van der Waals surface area (Å²) in [7, 11) is 3.35. The summed E-state index contributed by atoms with van der Waals surface area (Å²) in [4.78, 5) is 7.16. The second-order valence-electron chi connectivity index (χ2n) is 6.75. The van der Waals surface area contributed by atoms with E-state index in [1.54, 1.807) is 14.2 Å². The van der Waals surface area contributed by atoms with Crippen LogP contribution in [0.3, 0.4) is 0 Å². The molecule has 1 saturated heterocycles. The minimum absolute atomic E-state index is 0.748. The van der Waals surface area contributed by atoms with Crippen LogP contribution in [0.25, 0.3) is 11.4 Å². The van der Waals surface area contributed by atoms with Crippen LogP contribution >= 0.6 is 0 Å². The van der Waals surface area contributed by atoms with E-state index in [-0.39, 0.29) is 0 Å². The van der Waals surface area contributed by atoms with Crippen molar-refractivity contribution in [3.05, 3.63) is 30.1 Å². The lowest BCUT2D eigenvalue weighted by atomic mass is 10.1. The minimum atomic E-state index is 0.748. The normalized spacial score (nSPS) is 14.8. The molecular formula is C20H29N3O2. The van der Waals surface area contributed by atoms with Crippen LogP contribution in [0.5, 0.6) is 11.5 Å². The molecule has 0 bridgehead atoms. The number of methoxy groups -OCH3 is 2. The molecule has 1 aliphatic heterocycles. The minimum Gasteiger partial charge on any atom is -0.493 e. The molecule has 0 unspecified atom stereocenters. The summed E-state index contributed by atoms with van der Waals surface area (Å²) in [6, 6.07) is 4.11. The summed E-state index contributed by atoms with van der Waals surface area (Å²) in [5.41, 5.74) is 2.13. The van der Waals surface area contributed by atoms with Crippen LogP contribution in [-0.2, 0) is 6.54 Å². The molecule has 3 rings (SSSR count). The first-order valence-electron chi connectivity index (χ1n) is 9.19. The maximum atomic E-state index is 5.61. The zero-order valence-electron chi connectivity index (χ0n) is 15.6. The van der Waals surface area contributed by atoms with E-state index >= 15 is 0 Å². The molecule has 2 aromatic rings. The molecule has 0 saturated carbocycles. The summed E-state index contributed by atoms with van der Waals surface area (Å²) in [6.07, 6.45) is 9.03. The van der Waals surface area contributed by atoms with E-state index in [0.717, 1.165) is 41.4 Å². The molecule has 1 aliphatic rings. The SMILES string of the molecule is COc1cc(C)cc(-c2nccn2CCCCN2CCCC2)c1OC. The van der Waals surface area contributed by atoms with Crippen LogP contribution < -0.4 is 9.47 Å². The van der Waals surface area contributed by atoms with Crippen molar-refractivity contribution >= 4 is 0 Å². The molecule has 5 heteroatoms. The number of unbranched alkanes of at least 4 members (excludes halogenated alkanes) is 1.